The molecule has 76 heavy (non-hydrogen) atoms. The van der Waals surface area contributed by atoms with Crippen LogP contribution in [0, 0.1) is 0 Å². The lowest BCUT2D eigenvalue weighted by atomic mass is 10.1. The Morgan fingerprint density at radius 3 is 0.987 bits per heavy atom. The van der Waals surface area contributed by atoms with E-state index >= 15 is 0 Å². The first-order chi connectivity index (χ1) is 37.2. The molecule has 0 aromatic rings. The quantitative estimate of drug-likeness (QED) is 0.0197. The minimum atomic E-state index is -4.77. The predicted molar refractivity (Wildman–Crippen MR) is 316 cm³/mol. The molecule has 0 heterocycles. The number of unbranched alkanes of at least 4 members (excludes halogenated alkanes) is 16. The first-order valence-electron chi connectivity index (χ1n) is 29.4. The van der Waals surface area contributed by atoms with Gasteiger partial charge in [0, 0.05) is 19.3 Å². The number of phosphoric acid groups is 1. The Morgan fingerprint density at radius 2 is 0.645 bits per heavy atom. The highest BCUT2D eigenvalue weighted by molar-refractivity contribution is 7.47. The number of rotatable bonds is 53. The number of carbonyl (C=O) groups excluding carboxylic acids is 3. The van der Waals surface area contributed by atoms with Gasteiger partial charge in [0.2, 0.25) is 0 Å². The van der Waals surface area contributed by atoms with Crippen LogP contribution in [0.4, 0.5) is 0 Å². The number of aliphatic hydroxyl groups is 1. The minimum absolute atomic E-state index is 0.129. The Morgan fingerprint density at radius 1 is 0.368 bits per heavy atom. The van der Waals surface area contributed by atoms with Crippen LogP contribution in [0.3, 0.4) is 0 Å². The summed E-state index contributed by atoms with van der Waals surface area (Å²) >= 11 is 0. The van der Waals surface area contributed by atoms with Crippen LogP contribution < -0.4 is 0 Å². The fourth-order valence-electron chi connectivity index (χ4n) is 7.49. The molecule has 0 aliphatic carbocycles. The molecule has 0 radical (unpaired) electrons. The van der Waals surface area contributed by atoms with Gasteiger partial charge in [-0.05, 0) is 122 Å². The number of hydrogen-bond donors (Lipinski definition) is 2. The Bertz CT molecular complexity index is 1740. The van der Waals surface area contributed by atoms with Crippen LogP contribution in [-0.2, 0) is 42.2 Å². The van der Waals surface area contributed by atoms with Gasteiger partial charge in [0.15, 0.2) is 6.10 Å². The summed E-state index contributed by atoms with van der Waals surface area (Å²) in [5, 5.41) is 9.83. The highest BCUT2D eigenvalue weighted by Gasteiger charge is 2.28. The summed E-state index contributed by atoms with van der Waals surface area (Å²) < 4.78 is 39.5. The van der Waals surface area contributed by atoms with Gasteiger partial charge in [0.25, 0.3) is 0 Å². The summed E-state index contributed by atoms with van der Waals surface area (Å²) in [5.41, 5.74) is 0. The van der Waals surface area contributed by atoms with Gasteiger partial charge < -0.3 is 24.2 Å². The van der Waals surface area contributed by atoms with Gasteiger partial charge in [0.05, 0.1) is 19.8 Å². The van der Waals surface area contributed by atoms with E-state index in [4.69, 9.17) is 23.3 Å². The monoisotopic (exact) mass is 1080 g/mol. The van der Waals surface area contributed by atoms with Gasteiger partial charge >= 0.3 is 25.7 Å². The van der Waals surface area contributed by atoms with Crippen LogP contribution in [0.25, 0.3) is 0 Å². The van der Waals surface area contributed by atoms with Gasteiger partial charge in [-0.2, -0.15) is 0 Å². The second-order valence-corrected chi connectivity index (χ2v) is 20.5. The average molecular weight is 1080 g/mol. The molecule has 0 aromatic carbocycles. The van der Waals surface area contributed by atoms with Crippen molar-refractivity contribution in [3.8, 4) is 0 Å². The van der Waals surface area contributed by atoms with Crippen molar-refractivity contribution in [1.29, 1.82) is 0 Å². The lowest BCUT2D eigenvalue weighted by Gasteiger charge is -2.21. The minimum Gasteiger partial charge on any atom is -0.462 e. The van der Waals surface area contributed by atoms with E-state index in [0.29, 0.717) is 19.3 Å². The third kappa shape index (κ3) is 54.7. The number of carbonyl (C=O) groups is 3. The van der Waals surface area contributed by atoms with Crippen molar-refractivity contribution in [3.05, 3.63) is 122 Å². The molecule has 0 rings (SSSR count). The molecule has 0 spiro atoms. The van der Waals surface area contributed by atoms with Crippen molar-refractivity contribution < 1.29 is 52.2 Å². The van der Waals surface area contributed by atoms with Gasteiger partial charge in [-0.1, -0.05) is 206 Å². The highest BCUT2D eigenvalue weighted by Crippen LogP contribution is 2.43. The first-order valence-corrected chi connectivity index (χ1v) is 30.9. The standard InChI is InChI=1S/C64H105O11P/c1-4-7-10-13-16-19-22-25-28-30-33-36-39-42-45-48-51-54-63(67)74-60(56-65)58-72-76(69,70)73-59-61(57-71-62(66)53-50-47-44-41-38-35-32-27-24-21-18-15-12-9-6-3)75-64(68)55-52-49-46-43-40-37-34-31-29-26-23-20-17-14-11-8-5-2/h7-12,16-21,25-29,32,34,37,60-61,65H,4-6,13-15,22-24,30-31,33,35-36,38-59H2,1-3H3,(H,69,70)/b10-7-,11-8-,12-9-,19-16-,20-17-,21-18-,28-25-,29-26-,32-27-,37-34-. The fourth-order valence-corrected chi connectivity index (χ4v) is 8.28. The fraction of sp³-hybridized carbons (Fsp3) is 0.641. The summed E-state index contributed by atoms with van der Waals surface area (Å²) in [6.45, 7) is 4.24. The second kappa shape index (κ2) is 57.1. The maximum Gasteiger partial charge on any atom is 0.472 e. The summed E-state index contributed by atoms with van der Waals surface area (Å²) in [5.74, 6) is -1.53. The summed E-state index contributed by atoms with van der Waals surface area (Å²) in [6, 6.07) is 0. The topological polar surface area (TPSA) is 155 Å². The van der Waals surface area contributed by atoms with Gasteiger partial charge in [-0.25, -0.2) is 4.57 Å². The average Bonchev–Trinajstić information content (AvgIpc) is 3.41. The first kappa shape index (κ1) is 71.9. The van der Waals surface area contributed by atoms with Crippen molar-refractivity contribution in [2.45, 2.75) is 238 Å². The van der Waals surface area contributed by atoms with E-state index in [1.807, 2.05) is 0 Å². The zero-order valence-corrected chi connectivity index (χ0v) is 48.6. The van der Waals surface area contributed by atoms with Crippen molar-refractivity contribution in [1.82, 2.24) is 0 Å². The van der Waals surface area contributed by atoms with Crippen LogP contribution in [-0.4, -0.2) is 66.5 Å². The van der Waals surface area contributed by atoms with Crippen LogP contribution in [0.15, 0.2) is 122 Å². The van der Waals surface area contributed by atoms with Crippen molar-refractivity contribution in [3.63, 3.8) is 0 Å². The van der Waals surface area contributed by atoms with Crippen LogP contribution >= 0.6 is 7.82 Å². The Hall–Kier alpha value is -4.12. The summed E-state index contributed by atoms with van der Waals surface area (Å²) in [4.78, 5) is 48.6. The van der Waals surface area contributed by atoms with E-state index in [0.717, 1.165) is 161 Å². The van der Waals surface area contributed by atoms with E-state index in [2.05, 4.69) is 142 Å². The van der Waals surface area contributed by atoms with E-state index in [9.17, 15) is 28.9 Å². The molecule has 0 aliphatic rings. The molecule has 3 atom stereocenters. The predicted octanol–water partition coefficient (Wildman–Crippen LogP) is 17.6. The number of aliphatic hydroxyl groups excluding tert-OH is 1. The number of phosphoric ester groups is 1. The molecule has 3 unspecified atom stereocenters. The highest BCUT2D eigenvalue weighted by atomic mass is 31.2. The largest absolute Gasteiger partial charge is 0.472 e. The van der Waals surface area contributed by atoms with Gasteiger partial charge in [-0.15, -0.1) is 0 Å². The smallest absolute Gasteiger partial charge is 0.462 e. The van der Waals surface area contributed by atoms with Crippen LogP contribution in [0.5, 0.6) is 0 Å². The van der Waals surface area contributed by atoms with Crippen molar-refractivity contribution >= 4 is 25.7 Å². The molecule has 432 valence electrons. The molecular weight excluding hydrogens is 976 g/mol. The van der Waals surface area contributed by atoms with Crippen molar-refractivity contribution in [2.75, 3.05) is 26.4 Å². The third-order valence-corrected chi connectivity index (χ3v) is 12.8. The number of hydrogen-bond acceptors (Lipinski definition) is 10. The number of allylic oxidation sites excluding steroid dienone is 20. The Balaban J connectivity index is 4.79. The van der Waals surface area contributed by atoms with Crippen molar-refractivity contribution in [2.24, 2.45) is 0 Å². The van der Waals surface area contributed by atoms with Gasteiger partial charge in [-0.3, -0.25) is 23.4 Å². The maximum absolute atomic E-state index is 12.9. The molecule has 0 aromatic heterocycles. The molecule has 0 saturated carbocycles. The normalized spacial score (nSPS) is 14.2. The summed E-state index contributed by atoms with van der Waals surface area (Å²) in [6.07, 6.45) is 70.1. The molecule has 11 nitrogen and oxygen atoms in total. The molecule has 12 heteroatoms. The summed E-state index contributed by atoms with van der Waals surface area (Å²) in [7, 11) is -4.77. The molecular formula is C64H105O11P. The maximum atomic E-state index is 12.9. The molecule has 0 aliphatic heterocycles. The van der Waals surface area contributed by atoms with E-state index in [1.165, 1.54) is 6.42 Å². The lowest BCUT2D eigenvalue weighted by molar-refractivity contribution is -0.161. The second-order valence-electron chi connectivity index (χ2n) is 19.0. The molecule has 2 N–H and O–H groups in total. The van der Waals surface area contributed by atoms with E-state index in [-0.39, 0.29) is 25.9 Å². The Kier molecular flexibility index (Phi) is 54.0. The van der Waals surface area contributed by atoms with Crippen LogP contribution in [0.1, 0.15) is 226 Å². The zero-order valence-electron chi connectivity index (χ0n) is 47.7. The number of ether oxygens (including phenoxy) is 3. The zero-order chi connectivity index (χ0) is 55.5. The van der Waals surface area contributed by atoms with Crippen LogP contribution in [0.2, 0.25) is 0 Å². The molecule has 0 amide bonds. The lowest BCUT2D eigenvalue weighted by Crippen LogP contribution is -2.30. The molecule has 0 fully saturated rings. The molecule has 0 bridgehead atoms. The molecule has 0 saturated heterocycles. The number of esters is 3. The van der Waals surface area contributed by atoms with E-state index < -0.39 is 57.8 Å². The van der Waals surface area contributed by atoms with Gasteiger partial charge in [0.1, 0.15) is 12.7 Å². The Labute approximate surface area is 462 Å². The third-order valence-electron chi connectivity index (χ3n) is 11.9. The SMILES string of the molecule is CC/C=C\C/C=C\C/C=C\C/C=C\CCCCCCC(=O)OC(COC(=O)CCCCCCC/C=C\C/C=C\C/C=C\CC)COP(=O)(O)OCC(CO)OC(=O)CCCCCCCCC/C=C\C/C=C\C/C=C\CC. The van der Waals surface area contributed by atoms with E-state index in [1.54, 1.807) is 0 Å².